The van der Waals surface area contributed by atoms with Crippen molar-refractivity contribution in [1.82, 2.24) is 0 Å². The van der Waals surface area contributed by atoms with Gasteiger partial charge in [-0.05, 0) is 42.9 Å². The van der Waals surface area contributed by atoms with Crippen LogP contribution in [-0.4, -0.2) is 11.1 Å². The highest BCUT2D eigenvalue weighted by Crippen LogP contribution is 2.49. The van der Waals surface area contributed by atoms with Gasteiger partial charge < -0.3 is 5.11 Å². The third kappa shape index (κ3) is 2.49. The van der Waals surface area contributed by atoms with Crippen LogP contribution in [0.1, 0.15) is 52.9 Å². The molecule has 0 aliphatic heterocycles. The van der Waals surface area contributed by atoms with Gasteiger partial charge in [-0.15, -0.1) is 0 Å². The molecule has 0 aromatic carbocycles. The van der Waals surface area contributed by atoms with Crippen molar-refractivity contribution in [3.63, 3.8) is 0 Å². The Morgan fingerprint density at radius 1 is 1.43 bits per heavy atom. The van der Waals surface area contributed by atoms with Gasteiger partial charge in [-0.1, -0.05) is 20.8 Å². The van der Waals surface area contributed by atoms with Crippen LogP contribution in [0.3, 0.4) is 0 Å². The highest BCUT2D eigenvalue weighted by Gasteiger charge is 2.39. The highest BCUT2D eigenvalue weighted by atomic mass is 16.4. The van der Waals surface area contributed by atoms with Crippen LogP contribution in [0.4, 0.5) is 0 Å². The number of aliphatic carboxylic acids is 1. The molecule has 0 bridgehead atoms. The fraction of sp³-hybridized carbons (Fsp3) is 0.917. The molecule has 2 atom stereocenters. The first kappa shape index (κ1) is 11.5. The molecule has 1 rings (SSSR count). The lowest BCUT2D eigenvalue weighted by Crippen LogP contribution is -2.23. The number of rotatable bonds is 4. The van der Waals surface area contributed by atoms with Crippen LogP contribution < -0.4 is 0 Å². The maximum absolute atomic E-state index is 10.4. The molecule has 0 radical (unpaired) electrons. The van der Waals surface area contributed by atoms with Gasteiger partial charge in [-0.25, -0.2) is 0 Å². The summed E-state index contributed by atoms with van der Waals surface area (Å²) < 4.78 is 0. The number of hydrogen-bond donors (Lipinski definition) is 1. The van der Waals surface area contributed by atoms with Gasteiger partial charge in [0.05, 0.1) is 0 Å². The third-order valence-electron chi connectivity index (χ3n) is 4.21. The van der Waals surface area contributed by atoms with Crippen molar-refractivity contribution in [2.75, 3.05) is 0 Å². The number of carboxylic acid groups (broad SMARTS) is 1. The Morgan fingerprint density at radius 3 is 2.50 bits per heavy atom. The van der Waals surface area contributed by atoms with Gasteiger partial charge in [0, 0.05) is 6.42 Å². The molecule has 1 saturated carbocycles. The summed E-state index contributed by atoms with van der Waals surface area (Å²) in [6, 6.07) is 0. The van der Waals surface area contributed by atoms with E-state index in [1.54, 1.807) is 0 Å². The van der Waals surface area contributed by atoms with Gasteiger partial charge in [0.1, 0.15) is 0 Å². The van der Waals surface area contributed by atoms with Crippen LogP contribution in [0.5, 0.6) is 0 Å². The monoisotopic (exact) mass is 198 g/mol. The molecule has 0 aromatic heterocycles. The standard InChI is InChI=1S/C12H22O2/c1-9-7-8-10(12(9,2)3)5-4-6-11(13)14/h9-10H,4-8H2,1-3H3,(H,13,14)/t9-,10-/m1/s1. The zero-order valence-electron chi connectivity index (χ0n) is 9.55. The first-order valence-electron chi connectivity index (χ1n) is 5.66. The second kappa shape index (κ2) is 4.33. The van der Waals surface area contributed by atoms with Crippen LogP contribution in [0.25, 0.3) is 0 Å². The summed E-state index contributed by atoms with van der Waals surface area (Å²) in [5.74, 6) is 0.864. The molecular weight excluding hydrogens is 176 g/mol. The Morgan fingerprint density at radius 2 is 2.07 bits per heavy atom. The van der Waals surface area contributed by atoms with Gasteiger partial charge >= 0.3 is 5.97 Å². The molecule has 1 aliphatic carbocycles. The second-order valence-corrected chi connectivity index (χ2v) is 5.28. The molecule has 0 saturated heterocycles. The highest BCUT2D eigenvalue weighted by molar-refractivity contribution is 5.66. The average Bonchev–Trinajstić information content (AvgIpc) is 2.30. The normalized spacial score (nSPS) is 30.5. The summed E-state index contributed by atoms with van der Waals surface area (Å²) >= 11 is 0. The van der Waals surface area contributed by atoms with Gasteiger partial charge in [-0.2, -0.15) is 0 Å². The molecule has 2 heteroatoms. The number of hydrogen-bond acceptors (Lipinski definition) is 1. The lowest BCUT2D eigenvalue weighted by atomic mass is 9.74. The summed E-state index contributed by atoms with van der Waals surface area (Å²) in [6.45, 7) is 6.98. The Bertz CT molecular complexity index is 208. The largest absolute Gasteiger partial charge is 0.481 e. The summed E-state index contributed by atoms with van der Waals surface area (Å²) in [5, 5.41) is 8.57. The fourth-order valence-electron chi connectivity index (χ4n) is 2.61. The van der Waals surface area contributed by atoms with Crippen LogP contribution in [0, 0.1) is 17.3 Å². The Kier molecular flexibility index (Phi) is 3.57. The summed E-state index contributed by atoms with van der Waals surface area (Å²) in [5.41, 5.74) is 0.415. The Labute approximate surface area is 86.7 Å². The smallest absolute Gasteiger partial charge is 0.303 e. The lowest BCUT2D eigenvalue weighted by Gasteiger charge is -2.31. The minimum atomic E-state index is -0.658. The van der Waals surface area contributed by atoms with Crippen molar-refractivity contribution < 1.29 is 9.90 Å². The van der Waals surface area contributed by atoms with E-state index >= 15 is 0 Å². The van der Waals surface area contributed by atoms with E-state index in [4.69, 9.17) is 5.11 Å². The SMILES string of the molecule is C[C@@H]1CC[C@@H](CCCC(=O)O)C1(C)C. The predicted molar refractivity (Wildman–Crippen MR) is 57.2 cm³/mol. The maximum Gasteiger partial charge on any atom is 0.303 e. The molecule has 1 N–H and O–H groups in total. The summed E-state index contributed by atoms with van der Waals surface area (Å²) in [7, 11) is 0. The van der Waals surface area contributed by atoms with Crippen LogP contribution >= 0.6 is 0 Å². The van der Waals surface area contributed by atoms with Crippen LogP contribution in [0.2, 0.25) is 0 Å². The molecule has 1 fully saturated rings. The van der Waals surface area contributed by atoms with E-state index in [9.17, 15) is 4.79 Å². The van der Waals surface area contributed by atoms with Crippen LogP contribution in [-0.2, 0) is 4.79 Å². The molecular formula is C12H22O2. The third-order valence-corrected chi connectivity index (χ3v) is 4.21. The van der Waals surface area contributed by atoms with Gasteiger partial charge in [-0.3, -0.25) is 4.79 Å². The molecule has 1 aliphatic rings. The van der Waals surface area contributed by atoms with Crippen molar-refractivity contribution in [1.29, 1.82) is 0 Å². The second-order valence-electron chi connectivity index (χ2n) is 5.28. The molecule has 0 aromatic rings. The molecule has 0 spiro atoms. The van der Waals surface area contributed by atoms with E-state index in [0.29, 0.717) is 11.8 Å². The Balaban J connectivity index is 2.35. The average molecular weight is 198 g/mol. The van der Waals surface area contributed by atoms with Gasteiger partial charge in [0.2, 0.25) is 0 Å². The van der Waals surface area contributed by atoms with E-state index < -0.39 is 5.97 Å². The van der Waals surface area contributed by atoms with Crippen molar-refractivity contribution in [3.05, 3.63) is 0 Å². The van der Waals surface area contributed by atoms with Crippen molar-refractivity contribution in [2.45, 2.75) is 52.9 Å². The zero-order chi connectivity index (χ0) is 10.8. The van der Waals surface area contributed by atoms with E-state index in [-0.39, 0.29) is 0 Å². The minimum absolute atomic E-state index is 0.334. The van der Waals surface area contributed by atoms with Crippen molar-refractivity contribution >= 4 is 5.97 Å². The minimum Gasteiger partial charge on any atom is -0.481 e. The van der Waals surface area contributed by atoms with Crippen LogP contribution in [0.15, 0.2) is 0 Å². The lowest BCUT2D eigenvalue weighted by molar-refractivity contribution is -0.137. The Hall–Kier alpha value is -0.530. The van der Waals surface area contributed by atoms with Crippen molar-refractivity contribution in [3.8, 4) is 0 Å². The van der Waals surface area contributed by atoms with Crippen molar-refractivity contribution in [2.24, 2.45) is 17.3 Å². The molecule has 14 heavy (non-hydrogen) atoms. The number of carboxylic acids is 1. The topological polar surface area (TPSA) is 37.3 Å². The molecule has 0 heterocycles. The van der Waals surface area contributed by atoms with E-state index in [1.807, 2.05) is 0 Å². The summed E-state index contributed by atoms with van der Waals surface area (Å²) in [4.78, 5) is 10.4. The zero-order valence-corrected chi connectivity index (χ0v) is 9.55. The molecule has 0 unspecified atom stereocenters. The molecule has 82 valence electrons. The first-order valence-corrected chi connectivity index (χ1v) is 5.66. The van der Waals surface area contributed by atoms with E-state index in [1.165, 1.54) is 12.8 Å². The quantitative estimate of drug-likeness (QED) is 0.752. The maximum atomic E-state index is 10.4. The fourth-order valence-corrected chi connectivity index (χ4v) is 2.61. The first-order chi connectivity index (χ1) is 6.44. The molecule has 2 nitrogen and oxygen atoms in total. The van der Waals surface area contributed by atoms with Gasteiger partial charge in [0.15, 0.2) is 0 Å². The van der Waals surface area contributed by atoms with Gasteiger partial charge in [0.25, 0.3) is 0 Å². The molecule has 0 amide bonds. The predicted octanol–water partition coefficient (Wildman–Crippen LogP) is 3.31. The number of carbonyl (C=O) groups is 1. The van der Waals surface area contributed by atoms with E-state index in [0.717, 1.165) is 24.7 Å². The van der Waals surface area contributed by atoms with E-state index in [2.05, 4.69) is 20.8 Å². The summed E-state index contributed by atoms with van der Waals surface area (Å²) in [6.07, 6.45) is 4.86.